The molecule has 5 heteroatoms. The van der Waals surface area contributed by atoms with Gasteiger partial charge < -0.3 is 10.6 Å². The minimum absolute atomic E-state index is 1.07. The molecule has 5 nitrogen and oxygen atoms in total. The van der Waals surface area contributed by atoms with Crippen LogP contribution in [0.5, 0.6) is 0 Å². The van der Waals surface area contributed by atoms with Crippen molar-refractivity contribution >= 4 is 0 Å². The average molecular weight is 259 g/mol. The van der Waals surface area contributed by atoms with Gasteiger partial charge in [-0.05, 0) is 25.1 Å². The van der Waals surface area contributed by atoms with Crippen LogP contribution in [0.15, 0.2) is 49.2 Å². The Labute approximate surface area is 114 Å². The standard InChI is InChI=1S/C6H7N.C4H10N2.C4H4N2/c1-6-4-2-3-5-7-6;1-2-6-4-3-5-1;1-2-5-4-6-3-1/h2-5H,1H3;5-6H,1-4H2;1-4H. The van der Waals surface area contributed by atoms with Crippen LogP contribution < -0.4 is 10.6 Å². The molecule has 1 aliphatic rings. The first-order valence-electron chi connectivity index (χ1n) is 6.38. The molecule has 0 atom stereocenters. The van der Waals surface area contributed by atoms with E-state index in [1.807, 2.05) is 25.1 Å². The Morgan fingerprint density at radius 3 is 1.68 bits per heavy atom. The highest BCUT2D eigenvalue weighted by atomic mass is 15.0. The minimum atomic E-state index is 1.07. The Balaban J connectivity index is 0.000000143. The second kappa shape index (κ2) is 11.3. The highest BCUT2D eigenvalue weighted by molar-refractivity contribution is 4.99. The molecule has 0 radical (unpaired) electrons. The van der Waals surface area contributed by atoms with Gasteiger partial charge in [-0.2, -0.15) is 0 Å². The van der Waals surface area contributed by atoms with Crippen molar-refractivity contribution in [1.29, 1.82) is 0 Å². The van der Waals surface area contributed by atoms with Crippen molar-refractivity contribution < 1.29 is 0 Å². The SMILES string of the molecule is C1CNCCN1.Cc1ccccn1.c1cncnc1. The van der Waals surface area contributed by atoms with Crippen molar-refractivity contribution in [2.75, 3.05) is 26.2 Å². The fourth-order valence-corrected chi connectivity index (χ4v) is 1.31. The summed E-state index contributed by atoms with van der Waals surface area (Å²) in [6, 6.07) is 7.63. The Morgan fingerprint density at radius 1 is 0.842 bits per heavy atom. The van der Waals surface area contributed by atoms with Crippen molar-refractivity contribution in [3.05, 3.63) is 54.9 Å². The molecule has 0 saturated carbocycles. The molecular formula is C14H21N5. The topological polar surface area (TPSA) is 62.7 Å². The summed E-state index contributed by atoms with van der Waals surface area (Å²) < 4.78 is 0. The molecule has 0 aliphatic carbocycles. The monoisotopic (exact) mass is 259 g/mol. The van der Waals surface area contributed by atoms with Crippen molar-refractivity contribution in [2.24, 2.45) is 0 Å². The van der Waals surface area contributed by atoms with Gasteiger partial charge in [-0.1, -0.05) is 6.07 Å². The first kappa shape index (κ1) is 15.2. The highest BCUT2D eigenvalue weighted by Crippen LogP contribution is 1.86. The smallest absolute Gasteiger partial charge is 0.115 e. The zero-order valence-corrected chi connectivity index (χ0v) is 11.3. The summed E-state index contributed by atoms with van der Waals surface area (Å²) in [5, 5.41) is 6.44. The number of nitrogens with one attached hydrogen (secondary N) is 2. The van der Waals surface area contributed by atoms with Crippen molar-refractivity contribution in [1.82, 2.24) is 25.6 Å². The molecule has 1 aliphatic heterocycles. The molecule has 2 aromatic heterocycles. The molecule has 0 bridgehead atoms. The normalized spacial score (nSPS) is 13.3. The van der Waals surface area contributed by atoms with Gasteiger partial charge in [-0.15, -0.1) is 0 Å². The number of aryl methyl sites for hydroxylation is 1. The number of hydrogen-bond donors (Lipinski definition) is 2. The summed E-state index contributed by atoms with van der Waals surface area (Å²) in [4.78, 5) is 11.3. The van der Waals surface area contributed by atoms with E-state index in [1.165, 1.54) is 6.33 Å². The Bertz CT molecular complexity index is 351. The molecule has 1 saturated heterocycles. The van der Waals surface area contributed by atoms with Gasteiger partial charge in [0.1, 0.15) is 6.33 Å². The Morgan fingerprint density at radius 2 is 1.47 bits per heavy atom. The third-order valence-electron chi connectivity index (χ3n) is 2.25. The molecule has 3 heterocycles. The maximum absolute atomic E-state index is 3.98. The van der Waals surface area contributed by atoms with Gasteiger partial charge in [0.15, 0.2) is 0 Å². The lowest BCUT2D eigenvalue weighted by Gasteiger charge is -2.11. The molecular weight excluding hydrogens is 238 g/mol. The second-order valence-electron chi connectivity index (χ2n) is 3.88. The van der Waals surface area contributed by atoms with Crippen LogP contribution in [0.1, 0.15) is 5.69 Å². The lowest BCUT2D eigenvalue weighted by atomic mass is 10.4. The lowest BCUT2D eigenvalue weighted by Crippen LogP contribution is -2.39. The number of nitrogens with zero attached hydrogens (tertiary/aromatic N) is 3. The third kappa shape index (κ3) is 9.82. The number of rotatable bonds is 0. The summed E-state index contributed by atoms with van der Waals surface area (Å²) in [6.45, 7) is 6.53. The third-order valence-corrected chi connectivity index (χ3v) is 2.25. The quantitative estimate of drug-likeness (QED) is 0.740. The summed E-state index contributed by atoms with van der Waals surface area (Å²) in [5.41, 5.74) is 1.07. The molecule has 3 rings (SSSR count). The summed E-state index contributed by atoms with van der Waals surface area (Å²) in [5.74, 6) is 0. The molecule has 0 aromatic carbocycles. The summed E-state index contributed by atoms with van der Waals surface area (Å²) >= 11 is 0. The first-order chi connectivity index (χ1) is 9.39. The zero-order valence-electron chi connectivity index (χ0n) is 11.3. The zero-order chi connectivity index (χ0) is 13.6. The van der Waals surface area contributed by atoms with Gasteiger partial charge >= 0.3 is 0 Å². The fourth-order valence-electron chi connectivity index (χ4n) is 1.31. The van der Waals surface area contributed by atoms with Crippen LogP contribution in [0, 0.1) is 6.92 Å². The fraction of sp³-hybridized carbons (Fsp3) is 0.357. The highest BCUT2D eigenvalue weighted by Gasteiger charge is 1.91. The van der Waals surface area contributed by atoms with Crippen molar-refractivity contribution in [3.63, 3.8) is 0 Å². The minimum Gasteiger partial charge on any atom is -0.314 e. The molecule has 2 N–H and O–H groups in total. The van der Waals surface area contributed by atoms with Gasteiger partial charge in [0.25, 0.3) is 0 Å². The molecule has 0 unspecified atom stereocenters. The van der Waals surface area contributed by atoms with Crippen LogP contribution in [0.2, 0.25) is 0 Å². The number of pyridine rings is 1. The summed E-state index contributed by atoms with van der Waals surface area (Å²) in [6.07, 6.45) is 6.66. The van der Waals surface area contributed by atoms with Crippen LogP contribution in [0.25, 0.3) is 0 Å². The van der Waals surface area contributed by atoms with E-state index in [-0.39, 0.29) is 0 Å². The molecule has 19 heavy (non-hydrogen) atoms. The van der Waals surface area contributed by atoms with Gasteiger partial charge in [0, 0.05) is 50.5 Å². The van der Waals surface area contributed by atoms with Crippen LogP contribution in [0.3, 0.4) is 0 Å². The van der Waals surface area contributed by atoms with Crippen molar-refractivity contribution in [3.8, 4) is 0 Å². The average Bonchev–Trinajstić information content (AvgIpc) is 2.53. The molecule has 1 fully saturated rings. The molecule has 0 spiro atoms. The predicted molar refractivity (Wildman–Crippen MR) is 76.7 cm³/mol. The lowest BCUT2D eigenvalue weighted by molar-refractivity contribution is 0.534. The van der Waals surface area contributed by atoms with E-state index >= 15 is 0 Å². The summed E-state index contributed by atoms with van der Waals surface area (Å²) in [7, 11) is 0. The largest absolute Gasteiger partial charge is 0.314 e. The van der Waals surface area contributed by atoms with Gasteiger partial charge in [0.2, 0.25) is 0 Å². The number of piperazine rings is 1. The van der Waals surface area contributed by atoms with Crippen LogP contribution in [-0.2, 0) is 0 Å². The molecule has 2 aromatic rings. The molecule has 0 amide bonds. The van der Waals surface area contributed by atoms with E-state index in [2.05, 4.69) is 25.6 Å². The number of hydrogen-bond acceptors (Lipinski definition) is 5. The van der Waals surface area contributed by atoms with Crippen LogP contribution >= 0.6 is 0 Å². The second-order valence-corrected chi connectivity index (χ2v) is 3.88. The predicted octanol–water partition coefficient (Wildman–Crippen LogP) is 1.05. The Hall–Kier alpha value is -1.85. The molecule has 102 valence electrons. The van der Waals surface area contributed by atoms with Crippen molar-refractivity contribution in [2.45, 2.75) is 6.92 Å². The van der Waals surface area contributed by atoms with Gasteiger partial charge in [-0.25, -0.2) is 9.97 Å². The van der Waals surface area contributed by atoms with E-state index in [9.17, 15) is 0 Å². The van der Waals surface area contributed by atoms with E-state index in [4.69, 9.17) is 0 Å². The maximum Gasteiger partial charge on any atom is 0.115 e. The maximum atomic E-state index is 3.98. The van der Waals surface area contributed by atoms with Gasteiger partial charge in [-0.3, -0.25) is 4.98 Å². The van der Waals surface area contributed by atoms with Crippen LogP contribution in [0.4, 0.5) is 0 Å². The first-order valence-corrected chi connectivity index (χ1v) is 6.38. The Kier molecular flexibility index (Phi) is 9.01. The van der Waals surface area contributed by atoms with Gasteiger partial charge in [0.05, 0.1) is 0 Å². The van der Waals surface area contributed by atoms with E-state index in [0.29, 0.717) is 0 Å². The van der Waals surface area contributed by atoms with E-state index in [0.717, 1.165) is 31.9 Å². The van der Waals surface area contributed by atoms with E-state index in [1.54, 1.807) is 24.7 Å². The number of aromatic nitrogens is 3. The van der Waals surface area contributed by atoms with E-state index < -0.39 is 0 Å². The van der Waals surface area contributed by atoms with Crippen LogP contribution in [-0.4, -0.2) is 41.1 Å².